The molecule has 4 rings (SSSR count). The Morgan fingerprint density at radius 2 is 1.89 bits per heavy atom. The number of benzene rings is 2. The molecule has 1 heterocycles. The Morgan fingerprint density at radius 1 is 1.14 bits per heavy atom. The van der Waals surface area contributed by atoms with Crippen LogP contribution in [0.25, 0.3) is 11.4 Å². The molecule has 1 aliphatic carbocycles. The Bertz CT molecular complexity index is 976. The lowest BCUT2D eigenvalue weighted by atomic mass is 10.1. The van der Waals surface area contributed by atoms with Gasteiger partial charge in [0, 0.05) is 29.5 Å². The quantitative estimate of drug-likeness (QED) is 0.603. The number of carbonyl (C=O) groups is 1. The lowest BCUT2D eigenvalue weighted by molar-refractivity contribution is 0.0950. The van der Waals surface area contributed by atoms with Crippen molar-refractivity contribution in [1.82, 2.24) is 20.1 Å². The van der Waals surface area contributed by atoms with Crippen molar-refractivity contribution in [3.05, 3.63) is 65.2 Å². The van der Waals surface area contributed by atoms with Crippen LogP contribution in [0.2, 0.25) is 0 Å². The van der Waals surface area contributed by atoms with E-state index in [2.05, 4.69) is 58.2 Å². The van der Waals surface area contributed by atoms with E-state index in [9.17, 15) is 4.79 Å². The summed E-state index contributed by atoms with van der Waals surface area (Å²) >= 11 is 1.62. The molecule has 1 amide bonds. The van der Waals surface area contributed by atoms with Gasteiger partial charge < -0.3 is 9.88 Å². The molecule has 0 aliphatic heterocycles. The molecule has 1 aromatic heterocycles. The van der Waals surface area contributed by atoms with Crippen LogP contribution in [0.5, 0.6) is 0 Å². The predicted octanol–water partition coefficient (Wildman–Crippen LogP) is 4.46. The Labute approximate surface area is 169 Å². The average Bonchev–Trinajstić information content (AvgIpc) is 3.43. The number of carbonyl (C=O) groups excluding carboxylic acids is 1. The van der Waals surface area contributed by atoms with Crippen molar-refractivity contribution in [2.45, 2.75) is 50.2 Å². The zero-order valence-corrected chi connectivity index (χ0v) is 17.0. The minimum absolute atomic E-state index is 0.0241. The van der Waals surface area contributed by atoms with E-state index in [1.165, 1.54) is 5.56 Å². The van der Waals surface area contributed by atoms with Gasteiger partial charge in [0.05, 0.1) is 0 Å². The van der Waals surface area contributed by atoms with E-state index in [4.69, 9.17) is 0 Å². The van der Waals surface area contributed by atoms with Gasteiger partial charge in [0.25, 0.3) is 5.91 Å². The summed E-state index contributed by atoms with van der Waals surface area (Å²) in [5.41, 5.74) is 4.06. The summed E-state index contributed by atoms with van der Waals surface area (Å²) in [6.45, 7) is 4.97. The van der Waals surface area contributed by atoms with E-state index in [1.807, 2.05) is 24.3 Å². The number of aromatic nitrogens is 3. The lowest BCUT2D eigenvalue weighted by Crippen LogP contribution is -2.26. The highest BCUT2D eigenvalue weighted by molar-refractivity contribution is 7.98. The molecule has 1 N–H and O–H groups in total. The minimum Gasteiger partial charge on any atom is -0.349 e. The van der Waals surface area contributed by atoms with E-state index in [0.717, 1.165) is 47.1 Å². The Kier molecular flexibility index (Phi) is 5.48. The number of nitrogens with one attached hydrogen (secondary N) is 1. The van der Waals surface area contributed by atoms with Crippen molar-refractivity contribution >= 4 is 17.7 Å². The number of hydrogen-bond acceptors (Lipinski definition) is 4. The van der Waals surface area contributed by atoms with Gasteiger partial charge in [0.1, 0.15) is 0 Å². The van der Waals surface area contributed by atoms with Crippen molar-refractivity contribution < 1.29 is 4.79 Å². The molecule has 0 atom stereocenters. The second-order valence-electron chi connectivity index (χ2n) is 7.11. The molecule has 6 heteroatoms. The molecule has 1 saturated carbocycles. The van der Waals surface area contributed by atoms with E-state index in [-0.39, 0.29) is 5.91 Å². The number of nitrogens with zero attached hydrogens (tertiary/aromatic N) is 3. The molecule has 0 saturated heterocycles. The molecule has 1 aliphatic rings. The van der Waals surface area contributed by atoms with Gasteiger partial charge in [-0.15, -0.1) is 10.2 Å². The molecule has 0 bridgehead atoms. The Morgan fingerprint density at radius 3 is 2.61 bits per heavy atom. The second-order valence-corrected chi connectivity index (χ2v) is 8.05. The van der Waals surface area contributed by atoms with Crippen molar-refractivity contribution in [3.8, 4) is 11.4 Å². The van der Waals surface area contributed by atoms with Crippen LogP contribution in [-0.2, 0) is 12.3 Å². The Hall–Kier alpha value is -2.60. The second kappa shape index (κ2) is 8.19. The molecule has 1 fully saturated rings. The fourth-order valence-corrected chi connectivity index (χ4v) is 4.10. The van der Waals surface area contributed by atoms with Crippen LogP contribution in [0.1, 0.15) is 41.3 Å². The van der Waals surface area contributed by atoms with Gasteiger partial charge >= 0.3 is 0 Å². The maximum Gasteiger partial charge on any atom is 0.251 e. The molecule has 5 nitrogen and oxygen atoms in total. The lowest BCUT2D eigenvalue weighted by Gasteiger charge is -2.10. The number of rotatable bonds is 7. The molecule has 2 aromatic carbocycles. The van der Waals surface area contributed by atoms with Crippen molar-refractivity contribution in [3.63, 3.8) is 0 Å². The first-order chi connectivity index (χ1) is 13.7. The van der Waals surface area contributed by atoms with Crippen LogP contribution < -0.4 is 5.32 Å². The van der Waals surface area contributed by atoms with Crippen molar-refractivity contribution in [1.29, 1.82) is 0 Å². The van der Waals surface area contributed by atoms with Gasteiger partial charge in [-0.05, 0) is 38.3 Å². The van der Waals surface area contributed by atoms with Crippen LogP contribution in [0.15, 0.2) is 53.7 Å². The number of aryl methyl sites for hydroxylation is 1. The smallest absolute Gasteiger partial charge is 0.251 e. The highest BCUT2D eigenvalue weighted by Gasteiger charge is 2.24. The van der Waals surface area contributed by atoms with Gasteiger partial charge in [-0.3, -0.25) is 4.79 Å². The molecule has 0 radical (unpaired) electrons. The summed E-state index contributed by atoms with van der Waals surface area (Å²) in [5.74, 6) is 1.58. The monoisotopic (exact) mass is 392 g/mol. The van der Waals surface area contributed by atoms with Crippen molar-refractivity contribution in [2.75, 3.05) is 0 Å². The molecule has 0 spiro atoms. The number of hydrogen-bond donors (Lipinski definition) is 1. The van der Waals surface area contributed by atoms with Gasteiger partial charge in [-0.2, -0.15) is 0 Å². The van der Waals surface area contributed by atoms with Crippen molar-refractivity contribution in [2.24, 2.45) is 0 Å². The third kappa shape index (κ3) is 4.12. The highest BCUT2D eigenvalue weighted by Crippen LogP contribution is 2.28. The van der Waals surface area contributed by atoms with Gasteiger partial charge in [0.2, 0.25) is 0 Å². The normalized spacial score (nSPS) is 13.5. The number of amides is 1. The molecule has 28 heavy (non-hydrogen) atoms. The molecular formula is C22H24N4OS. The van der Waals surface area contributed by atoms with E-state index in [0.29, 0.717) is 11.8 Å². The van der Waals surface area contributed by atoms with Crippen LogP contribution >= 0.6 is 11.8 Å². The first kappa shape index (κ1) is 18.7. The molecule has 3 aromatic rings. The maximum atomic E-state index is 12.5. The van der Waals surface area contributed by atoms with Gasteiger partial charge in [-0.25, -0.2) is 0 Å². The van der Waals surface area contributed by atoms with Gasteiger partial charge in [0.15, 0.2) is 11.0 Å². The summed E-state index contributed by atoms with van der Waals surface area (Å²) in [5, 5.41) is 12.8. The highest BCUT2D eigenvalue weighted by atomic mass is 32.2. The maximum absolute atomic E-state index is 12.5. The zero-order valence-electron chi connectivity index (χ0n) is 16.2. The van der Waals surface area contributed by atoms with Gasteiger partial charge in [-0.1, -0.05) is 59.8 Å². The predicted molar refractivity (Wildman–Crippen MR) is 112 cm³/mol. The molecular weight excluding hydrogens is 368 g/mol. The summed E-state index contributed by atoms with van der Waals surface area (Å²) in [6.07, 6.45) is 2.17. The molecule has 144 valence electrons. The van der Waals surface area contributed by atoms with E-state index < -0.39 is 0 Å². The van der Waals surface area contributed by atoms with Crippen LogP contribution in [0.4, 0.5) is 0 Å². The first-order valence-electron chi connectivity index (χ1n) is 9.67. The van der Waals surface area contributed by atoms with Crippen LogP contribution in [0.3, 0.4) is 0 Å². The van der Waals surface area contributed by atoms with Crippen LogP contribution in [-0.4, -0.2) is 26.7 Å². The summed E-state index contributed by atoms with van der Waals surface area (Å²) in [4.78, 5) is 12.5. The third-order valence-corrected chi connectivity index (χ3v) is 5.89. The SMILES string of the molecule is CCn1c(SCc2ccccc2C(=O)NC2CC2)nnc1-c1ccc(C)cc1. The number of thioether (sulfide) groups is 1. The standard InChI is InChI=1S/C22H24N4OS/c1-3-26-20(16-10-8-15(2)9-11-16)24-25-22(26)28-14-17-6-4-5-7-19(17)21(27)23-18-12-13-18/h4-11,18H,3,12-14H2,1-2H3,(H,23,27). The topological polar surface area (TPSA) is 59.8 Å². The third-order valence-electron chi connectivity index (χ3n) is 4.87. The average molecular weight is 393 g/mol. The van der Waals surface area contributed by atoms with E-state index >= 15 is 0 Å². The first-order valence-corrected chi connectivity index (χ1v) is 10.7. The largest absolute Gasteiger partial charge is 0.349 e. The van der Waals surface area contributed by atoms with E-state index in [1.54, 1.807) is 11.8 Å². The Balaban J connectivity index is 1.53. The molecule has 0 unspecified atom stereocenters. The fraction of sp³-hybridized carbons (Fsp3) is 0.318. The summed E-state index contributed by atoms with van der Waals surface area (Å²) in [6, 6.07) is 16.5. The van der Waals surface area contributed by atoms with Crippen LogP contribution in [0, 0.1) is 6.92 Å². The zero-order chi connectivity index (χ0) is 19.5. The fourth-order valence-electron chi connectivity index (χ4n) is 3.10. The summed E-state index contributed by atoms with van der Waals surface area (Å²) in [7, 11) is 0. The minimum atomic E-state index is 0.0241. The summed E-state index contributed by atoms with van der Waals surface area (Å²) < 4.78 is 2.13.